The van der Waals surface area contributed by atoms with Crippen LogP contribution in [0, 0.1) is 17.1 Å². The molecule has 4 nitrogen and oxygen atoms in total. The van der Waals surface area contributed by atoms with Crippen molar-refractivity contribution in [3.05, 3.63) is 53.6 Å². The first-order valence-electron chi connectivity index (χ1n) is 5.15. The fourth-order valence-corrected chi connectivity index (χ4v) is 1.43. The topological polar surface area (TPSA) is 66.1 Å². The second-order valence-electron chi connectivity index (χ2n) is 3.54. The summed E-state index contributed by atoms with van der Waals surface area (Å²) in [6, 6.07) is 7.82. The van der Waals surface area contributed by atoms with Crippen molar-refractivity contribution in [2.45, 2.75) is 6.61 Å². The number of hydrogen-bond acceptors (Lipinski definition) is 4. The lowest BCUT2D eigenvalue weighted by Crippen LogP contribution is -1.92. The molecule has 0 aliphatic heterocycles. The number of hydrogen-bond donors (Lipinski definition) is 1. The summed E-state index contributed by atoms with van der Waals surface area (Å²) < 4.78 is 18.3. The minimum atomic E-state index is -0.516. The Morgan fingerprint density at radius 1 is 1.33 bits per heavy atom. The molecule has 1 heterocycles. The molecule has 0 aliphatic carbocycles. The second-order valence-corrected chi connectivity index (χ2v) is 3.54. The molecule has 0 spiro atoms. The number of rotatable bonds is 3. The van der Waals surface area contributed by atoms with E-state index in [0.29, 0.717) is 11.3 Å². The lowest BCUT2D eigenvalue weighted by molar-refractivity contribution is 0.281. The van der Waals surface area contributed by atoms with Crippen molar-refractivity contribution < 1.29 is 14.2 Å². The summed E-state index contributed by atoms with van der Waals surface area (Å²) in [6.07, 6.45) is 2.41. The molecule has 0 unspecified atom stereocenters. The highest BCUT2D eigenvalue weighted by atomic mass is 19.1. The predicted octanol–water partition coefficient (Wildman–Crippen LogP) is 2.38. The molecule has 2 aromatic rings. The minimum Gasteiger partial charge on any atom is -0.454 e. The molecule has 1 aromatic heterocycles. The van der Waals surface area contributed by atoms with Crippen molar-refractivity contribution in [3.8, 4) is 17.6 Å². The van der Waals surface area contributed by atoms with Crippen LogP contribution in [0.2, 0.25) is 0 Å². The van der Waals surface area contributed by atoms with Gasteiger partial charge in [0.25, 0.3) is 0 Å². The van der Waals surface area contributed by atoms with E-state index in [0.717, 1.165) is 6.20 Å². The zero-order valence-electron chi connectivity index (χ0n) is 9.30. The molecule has 2 rings (SSSR count). The van der Waals surface area contributed by atoms with Crippen LogP contribution >= 0.6 is 0 Å². The number of nitrogens with zero attached hydrogens (tertiary/aromatic N) is 2. The van der Waals surface area contributed by atoms with Crippen molar-refractivity contribution in [1.82, 2.24) is 4.98 Å². The van der Waals surface area contributed by atoms with Crippen molar-refractivity contribution in [3.63, 3.8) is 0 Å². The summed E-state index contributed by atoms with van der Waals surface area (Å²) in [6.45, 7) is -0.156. The Morgan fingerprint density at radius 3 is 2.83 bits per heavy atom. The van der Waals surface area contributed by atoms with Gasteiger partial charge in [-0.2, -0.15) is 5.26 Å². The Labute approximate surface area is 103 Å². The normalized spacial score (nSPS) is 9.83. The minimum absolute atomic E-state index is 0.156. The van der Waals surface area contributed by atoms with E-state index in [9.17, 15) is 4.39 Å². The number of pyridine rings is 1. The van der Waals surface area contributed by atoms with Crippen LogP contribution in [0.4, 0.5) is 4.39 Å². The number of aliphatic hydroxyl groups excluding tert-OH is 1. The molecule has 0 saturated heterocycles. The molecular formula is C13H9FN2O2. The van der Waals surface area contributed by atoms with E-state index in [4.69, 9.17) is 15.1 Å². The average Bonchev–Trinajstić information content (AvgIpc) is 2.39. The Hall–Kier alpha value is -2.45. The highest BCUT2D eigenvalue weighted by Crippen LogP contribution is 2.25. The van der Waals surface area contributed by atoms with Gasteiger partial charge in [-0.05, 0) is 17.7 Å². The van der Waals surface area contributed by atoms with Crippen LogP contribution < -0.4 is 4.74 Å². The average molecular weight is 244 g/mol. The molecule has 0 aliphatic rings. The van der Waals surface area contributed by atoms with Gasteiger partial charge < -0.3 is 9.84 Å². The van der Waals surface area contributed by atoms with Crippen molar-refractivity contribution in [2.75, 3.05) is 0 Å². The van der Waals surface area contributed by atoms with Gasteiger partial charge in [0.05, 0.1) is 24.6 Å². The number of halogens is 1. The van der Waals surface area contributed by atoms with Gasteiger partial charge in [0.2, 0.25) is 0 Å². The van der Waals surface area contributed by atoms with Crippen LogP contribution in [0.5, 0.6) is 11.5 Å². The zero-order chi connectivity index (χ0) is 13.0. The maximum Gasteiger partial charge on any atom is 0.148 e. The molecule has 0 fully saturated rings. The van der Waals surface area contributed by atoms with E-state index in [2.05, 4.69) is 4.98 Å². The van der Waals surface area contributed by atoms with E-state index < -0.39 is 5.82 Å². The van der Waals surface area contributed by atoms with Gasteiger partial charge in [-0.15, -0.1) is 0 Å². The summed E-state index contributed by atoms with van der Waals surface area (Å²) in [5.74, 6) is -0.0108. The first-order valence-corrected chi connectivity index (χ1v) is 5.15. The lowest BCUT2D eigenvalue weighted by atomic mass is 10.1. The first-order chi connectivity index (χ1) is 8.72. The smallest absolute Gasteiger partial charge is 0.148 e. The van der Waals surface area contributed by atoms with E-state index in [1.54, 1.807) is 12.1 Å². The van der Waals surface area contributed by atoms with Crippen LogP contribution in [0.15, 0.2) is 36.7 Å². The number of benzene rings is 1. The maximum absolute atomic E-state index is 12.9. The second kappa shape index (κ2) is 5.25. The maximum atomic E-state index is 12.9. The molecule has 18 heavy (non-hydrogen) atoms. The Morgan fingerprint density at radius 2 is 2.17 bits per heavy atom. The largest absolute Gasteiger partial charge is 0.454 e. The van der Waals surface area contributed by atoms with Crippen molar-refractivity contribution >= 4 is 0 Å². The summed E-state index contributed by atoms with van der Waals surface area (Å²) >= 11 is 0. The number of aliphatic hydroxyl groups is 1. The monoisotopic (exact) mass is 244 g/mol. The van der Waals surface area contributed by atoms with Gasteiger partial charge in [0.15, 0.2) is 0 Å². The van der Waals surface area contributed by atoms with Gasteiger partial charge in [0.1, 0.15) is 23.4 Å². The fourth-order valence-electron chi connectivity index (χ4n) is 1.43. The SMILES string of the molecule is N#Cc1cc(CO)ccc1Oc1cncc(F)c1. The van der Waals surface area contributed by atoms with Crippen molar-refractivity contribution in [1.29, 1.82) is 5.26 Å². The van der Waals surface area contributed by atoms with Crippen LogP contribution in [0.3, 0.4) is 0 Å². The van der Waals surface area contributed by atoms with E-state index in [1.165, 1.54) is 18.3 Å². The van der Waals surface area contributed by atoms with E-state index >= 15 is 0 Å². The van der Waals surface area contributed by atoms with Crippen LogP contribution in [-0.2, 0) is 6.61 Å². The molecule has 90 valence electrons. The third-order valence-corrected chi connectivity index (χ3v) is 2.25. The highest BCUT2D eigenvalue weighted by molar-refractivity contribution is 5.47. The summed E-state index contributed by atoms with van der Waals surface area (Å²) in [5.41, 5.74) is 0.877. The van der Waals surface area contributed by atoms with Gasteiger partial charge in [0, 0.05) is 6.07 Å². The molecule has 0 radical (unpaired) electrons. The summed E-state index contributed by atoms with van der Waals surface area (Å²) in [4.78, 5) is 3.65. The Bertz CT molecular complexity index is 608. The molecule has 0 amide bonds. The third kappa shape index (κ3) is 2.62. The predicted molar refractivity (Wildman–Crippen MR) is 61.3 cm³/mol. The molecule has 0 saturated carbocycles. The molecule has 0 bridgehead atoms. The molecule has 1 N–H and O–H groups in total. The number of aromatic nitrogens is 1. The summed E-state index contributed by atoms with van der Waals surface area (Å²) in [7, 11) is 0. The highest BCUT2D eigenvalue weighted by Gasteiger charge is 2.06. The summed E-state index contributed by atoms with van der Waals surface area (Å²) in [5, 5.41) is 17.9. The number of ether oxygens (including phenoxy) is 1. The Balaban J connectivity index is 2.32. The van der Waals surface area contributed by atoms with E-state index in [-0.39, 0.29) is 17.9 Å². The zero-order valence-corrected chi connectivity index (χ0v) is 9.30. The first kappa shape index (κ1) is 12.0. The quantitative estimate of drug-likeness (QED) is 0.900. The Kier molecular flexibility index (Phi) is 3.51. The molecule has 0 atom stereocenters. The molecule has 5 heteroatoms. The van der Waals surface area contributed by atoms with Gasteiger partial charge in [-0.1, -0.05) is 6.07 Å². The van der Waals surface area contributed by atoms with Gasteiger partial charge >= 0.3 is 0 Å². The van der Waals surface area contributed by atoms with Crippen molar-refractivity contribution in [2.24, 2.45) is 0 Å². The molecular weight excluding hydrogens is 235 g/mol. The molecule has 1 aromatic carbocycles. The lowest BCUT2D eigenvalue weighted by Gasteiger charge is -2.07. The van der Waals surface area contributed by atoms with Gasteiger partial charge in [-0.25, -0.2) is 4.39 Å². The van der Waals surface area contributed by atoms with Crippen LogP contribution in [-0.4, -0.2) is 10.1 Å². The van der Waals surface area contributed by atoms with E-state index in [1.807, 2.05) is 6.07 Å². The van der Waals surface area contributed by atoms with Crippen LogP contribution in [0.1, 0.15) is 11.1 Å². The third-order valence-electron chi connectivity index (χ3n) is 2.25. The fraction of sp³-hybridized carbons (Fsp3) is 0.0769. The van der Waals surface area contributed by atoms with Crippen LogP contribution in [0.25, 0.3) is 0 Å². The standard InChI is InChI=1S/C13H9FN2O2/c14-11-4-12(7-16-6-11)18-13-2-1-9(8-17)3-10(13)5-15/h1-4,6-7,17H,8H2. The number of nitriles is 1. The van der Waals surface area contributed by atoms with Gasteiger partial charge in [-0.3, -0.25) is 4.98 Å².